The van der Waals surface area contributed by atoms with E-state index in [1.54, 1.807) is 4.90 Å². The van der Waals surface area contributed by atoms with Gasteiger partial charge in [0, 0.05) is 32.7 Å². The molecule has 1 atom stereocenters. The van der Waals surface area contributed by atoms with Crippen molar-refractivity contribution in [2.24, 2.45) is 11.1 Å². The molecule has 1 unspecified atom stereocenters. The molecule has 2 aliphatic rings. The van der Waals surface area contributed by atoms with E-state index in [-0.39, 0.29) is 6.03 Å². The third kappa shape index (κ3) is 3.33. The van der Waals surface area contributed by atoms with Crippen molar-refractivity contribution in [3.8, 4) is 0 Å². The Morgan fingerprint density at radius 1 is 1.35 bits per heavy atom. The quantitative estimate of drug-likeness (QED) is 0.718. The molecule has 5 heteroatoms. The summed E-state index contributed by atoms with van der Waals surface area (Å²) < 4.78 is 0. The second kappa shape index (κ2) is 5.23. The lowest BCUT2D eigenvalue weighted by Crippen LogP contribution is -2.41. The van der Waals surface area contributed by atoms with Gasteiger partial charge in [-0.05, 0) is 31.3 Å². The fraction of sp³-hybridized carbons (Fsp3) is 0.917. The van der Waals surface area contributed by atoms with Gasteiger partial charge in [0.1, 0.15) is 0 Å². The number of carbonyl (C=O) groups is 1. The molecule has 2 rings (SSSR count). The molecule has 0 spiro atoms. The monoisotopic (exact) mass is 240 g/mol. The number of carbonyl (C=O) groups excluding carboxylic acids is 1. The Bertz CT molecular complexity index is 276. The molecule has 0 bridgehead atoms. The molecule has 0 aromatic rings. The average molecular weight is 240 g/mol. The van der Waals surface area contributed by atoms with Crippen molar-refractivity contribution in [1.29, 1.82) is 0 Å². The normalized spacial score (nSPS) is 31.5. The van der Waals surface area contributed by atoms with Gasteiger partial charge < -0.3 is 20.9 Å². The molecule has 98 valence electrons. The number of primary amides is 1. The SMILES string of the molecule is CC1(CN2CCCN(C(N)=O)CC2)CCNC1. The molecule has 2 saturated heterocycles. The van der Waals surface area contributed by atoms with Gasteiger partial charge in [-0.25, -0.2) is 4.79 Å². The summed E-state index contributed by atoms with van der Waals surface area (Å²) in [7, 11) is 0. The zero-order valence-electron chi connectivity index (χ0n) is 10.7. The molecular formula is C12H24N4O. The van der Waals surface area contributed by atoms with Gasteiger partial charge in [-0.15, -0.1) is 0 Å². The van der Waals surface area contributed by atoms with Crippen molar-refractivity contribution < 1.29 is 4.79 Å². The Morgan fingerprint density at radius 2 is 2.18 bits per heavy atom. The predicted octanol–water partition coefficient (Wildman–Crippen LogP) is 0.0724. The first-order valence-electron chi connectivity index (χ1n) is 6.57. The molecular weight excluding hydrogens is 216 g/mol. The third-order valence-corrected chi connectivity index (χ3v) is 3.96. The molecule has 2 heterocycles. The highest BCUT2D eigenvalue weighted by Gasteiger charge is 2.31. The third-order valence-electron chi connectivity index (χ3n) is 3.96. The van der Waals surface area contributed by atoms with E-state index in [0.717, 1.165) is 52.2 Å². The van der Waals surface area contributed by atoms with Crippen LogP contribution in [0.2, 0.25) is 0 Å². The fourth-order valence-electron chi connectivity index (χ4n) is 2.89. The molecule has 2 amide bonds. The molecule has 0 aromatic heterocycles. The Hall–Kier alpha value is -0.810. The Balaban J connectivity index is 1.84. The highest BCUT2D eigenvalue weighted by molar-refractivity contribution is 5.71. The van der Waals surface area contributed by atoms with Crippen LogP contribution in [0.25, 0.3) is 0 Å². The van der Waals surface area contributed by atoms with Crippen LogP contribution in [0.5, 0.6) is 0 Å². The summed E-state index contributed by atoms with van der Waals surface area (Å²) in [6, 6.07) is -0.277. The summed E-state index contributed by atoms with van der Waals surface area (Å²) in [5.74, 6) is 0. The highest BCUT2D eigenvalue weighted by atomic mass is 16.2. The molecule has 0 aromatic carbocycles. The first-order chi connectivity index (χ1) is 8.09. The zero-order chi connectivity index (χ0) is 12.3. The molecule has 2 fully saturated rings. The van der Waals surface area contributed by atoms with E-state index in [0.29, 0.717) is 5.41 Å². The first kappa shape index (κ1) is 12.6. The van der Waals surface area contributed by atoms with Gasteiger partial charge in [-0.3, -0.25) is 0 Å². The van der Waals surface area contributed by atoms with E-state index in [1.807, 2.05) is 0 Å². The second-order valence-electron chi connectivity index (χ2n) is 5.69. The van der Waals surface area contributed by atoms with Crippen LogP contribution in [0.15, 0.2) is 0 Å². The van der Waals surface area contributed by atoms with E-state index < -0.39 is 0 Å². The van der Waals surface area contributed by atoms with E-state index in [2.05, 4.69) is 17.1 Å². The molecule has 3 N–H and O–H groups in total. The van der Waals surface area contributed by atoms with Gasteiger partial charge in [0.2, 0.25) is 0 Å². The number of hydrogen-bond acceptors (Lipinski definition) is 3. The fourth-order valence-corrected chi connectivity index (χ4v) is 2.89. The largest absolute Gasteiger partial charge is 0.351 e. The summed E-state index contributed by atoms with van der Waals surface area (Å²) in [4.78, 5) is 15.4. The van der Waals surface area contributed by atoms with Crippen molar-refractivity contribution in [3.05, 3.63) is 0 Å². The Labute approximate surface area is 103 Å². The number of urea groups is 1. The summed E-state index contributed by atoms with van der Waals surface area (Å²) >= 11 is 0. The lowest BCUT2D eigenvalue weighted by molar-refractivity contribution is 0.179. The lowest BCUT2D eigenvalue weighted by Gasteiger charge is -2.31. The van der Waals surface area contributed by atoms with Gasteiger partial charge in [-0.2, -0.15) is 0 Å². The maximum absolute atomic E-state index is 11.1. The number of nitrogens with one attached hydrogen (secondary N) is 1. The Morgan fingerprint density at radius 3 is 2.82 bits per heavy atom. The van der Waals surface area contributed by atoms with E-state index in [4.69, 9.17) is 5.73 Å². The maximum Gasteiger partial charge on any atom is 0.314 e. The minimum Gasteiger partial charge on any atom is -0.351 e. The highest BCUT2D eigenvalue weighted by Crippen LogP contribution is 2.26. The van der Waals surface area contributed by atoms with E-state index in [1.165, 1.54) is 6.42 Å². The zero-order valence-corrected chi connectivity index (χ0v) is 10.7. The summed E-state index contributed by atoms with van der Waals surface area (Å²) in [5.41, 5.74) is 5.73. The van der Waals surface area contributed by atoms with Crippen molar-refractivity contribution in [3.63, 3.8) is 0 Å². The van der Waals surface area contributed by atoms with Crippen LogP contribution in [0.1, 0.15) is 19.8 Å². The number of amides is 2. The topological polar surface area (TPSA) is 61.6 Å². The minimum atomic E-state index is -0.277. The number of hydrogen-bond donors (Lipinski definition) is 2. The molecule has 0 saturated carbocycles. The molecule has 2 aliphatic heterocycles. The molecule has 5 nitrogen and oxygen atoms in total. The van der Waals surface area contributed by atoms with Gasteiger partial charge in [-0.1, -0.05) is 6.92 Å². The van der Waals surface area contributed by atoms with Crippen molar-refractivity contribution >= 4 is 6.03 Å². The summed E-state index contributed by atoms with van der Waals surface area (Å²) in [6.07, 6.45) is 2.29. The van der Waals surface area contributed by atoms with Crippen LogP contribution in [-0.2, 0) is 0 Å². The van der Waals surface area contributed by atoms with Crippen molar-refractivity contribution in [2.45, 2.75) is 19.8 Å². The van der Waals surface area contributed by atoms with Crippen LogP contribution in [0.4, 0.5) is 4.79 Å². The Kier molecular flexibility index (Phi) is 3.89. The van der Waals surface area contributed by atoms with Crippen LogP contribution in [0, 0.1) is 5.41 Å². The summed E-state index contributed by atoms with van der Waals surface area (Å²) in [6.45, 7) is 9.36. The molecule has 0 radical (unpaired) electrons. The van der Waals surface area contributed by atoms with Crippen LogP contribution in [-0.4, -0.2) is 61.6 Å². The maximum atomic E-state index is 11.1. The average Bonchev–Trinajstić information content (AvgIpc) is 2.56. The lowest BCUT2D eigenvalue weighted by atomic mass is 9.89. The van der Waals surface area contributed by atoms with Crippen LogP contribution in [0.3, 0.4) is 0 Å². The van der Waals surface area contributed by atoms with E-state index in [9.17, 15) is 4.79 Å². The van der Waals surface area contributed by atoms with Crippen LogP contribution < -0.4 is 11.1 Å². The van der Waals surface area contributed by atoms with Gasteiger partial charge in [0.25, 0.3) is 0 Å². The first-order valence-corrected chi connectivity index (χ1v) is 6.57. The number of nitrogens with two attached hydrogens (primary N) is 1. The number of rotatable bonds is 2. The van der Waals surface area contributed by atoms with Crippen molar-refractivity contribution in [2.75, 3.05) is 45.8 Å². The van der Waals surface area contributed by atoms with Crippen molar-refractivity contribution in [1.82, 2.24) is 15.1 Å². The van der Waals surface area contributed by atoms with Crippen LogP contribution >= 0.6 is 0 Å². The van der Waals surface area contributed by atoms with Gasteiger partial charge >= 0.3 is 6.03 Å². The predicted molar refractivity (Wildman–Crippen MR) is 67.8 cm³/mol. The van der Waals surface area contributed by atoms with Gasteiger partial charge in [0.15, 0.2) is 0 Å². The molecule has 0 aliphatic carbocycles. The second-order valence-corrected chi connectivity index (χ2v) is 5.69. The summed E-state index contributed by atoms with van der Waals surface area (Å²) in [5, 5.41) is 3.43. The van der Waals surface area contributed by atoms with Gasteiger partial charge in [0.05, 0.1) is 0 Å². The molecule has 17 heavy (non-hydrogen) atoms. The number of nitrogens with zero attached hydrogens (tertiary/aromatic N) is 2. The van der Waals surface area contributed by atoms with E-state index >= 15 is 0 Å². The smallest absolute Gasteiger partial charge is 0.314 e. The standard InChI is InChI=1S/C12H24N4O/c1-12(3-4-14-9-12)10-15-5-2-6-16(8-7-15)11(13)17/h14H,2-10H2,1H3,(H2,13,17). The minimum absolute atomic E-state index is 0.277.